The maximum absolute atomic E-state index is 12.6. The van der Waals surface area contributed by atoms with E-state index in [1.165, 1.54) is 4.90 Å². The minimum atomic E-state index is -0.976. The number of furan rings is 1. The van der Waals surface area contributed by atoms with Gasteiger partial charge in [-0.25, -0.2) is 4.79 Å². The molecule has 2 aromatic rings. The molecule has 120 valence electrons. The average Bonchev–Trinajstić information content (AvgIpc) is 3.04. The zero-order valence-corrected chi connectivity index (χ0v) is 13.1. The Morgan fingerprint density at radius 1 is 1.17 bits per heavy atom. The van der Waals surface area contributed by atoms with Crippen LogP contribution in [0.4, 0.5) is 0 Å². The molecule has 6 heteroatoms. The topological polar surface area (TPSA) is 70.8 Å². The minimum Gasteiger partial charge on any atom is -0.480 e. The van der Waals surface area contributed by atoms with Crippen molar-refractivity contribution in [2.45, 2.75) is 25.3 Å². The average molecular weight is 334 g/mol. The summed E-state index contributed by atoms with van der Waals surface area (Å²) in [5, 5.41) is 9.81. The number of likely N-dealkylation sites (tertiary alicyclic amines) is 1. The minimum absolute atomic E-state index is 0.132. The third-order valence-electron chi connectivity index (χ3n) is 4.00. The highest BCUT2D eigenvalue weighted by Crippen LogP contribution is 2.30. The lowest BCUT2D eigenvalue weighted by atomic mass is 10.0. The quantitative estimate of drug-likeness (QED) is 0.930. The molecule has 1 aromatic heterocycles. The molecule has 1 aromatic carbocycles. The molecule has 0 aliphatic carbocycles. The van der Waals surface area contributed by atoms with Gasteiger partial charge in [-0.05, 0) is 43.5 Å². The molecule has 1 saturated heterocycles. The lowest BCUT2D eigenvalue weighted by Gasteiger charge is -2.32. The first-order valence-electron chi connectivity index (χ1n) is 7.46. The van der Waals surface area contributed by atoms with Gasteiger partial charge in [0.05, 0.1) is 5.02 Å². The van der Waals surface area contributed by atoms with Crippen molar-refractivity contribution in [3.05, 3.63) is 47.2 Å². The normalized spacial score (nSPS) is 18.0. The number of carboxylic acids is 1. The molecule has 2 heterocycles. The van der Waals surface area contributed by atoms with Gasteiger partial charge in [0, 0.05) is 12.1 Å². The lowest BCUT2D eigenvalue weighted by molar-refractivity contribution is -0.143. The number of amides is 1. The zero-order chi connectivity index (χ0) is 16.4. The standard InChI is InChI=1S/C17H16ClNO4/c18-12-6-2-1-5-11(12)14-8-9-15(23-14)16(20)19-10-4-3-7-13(19)17(21)22/h1-2,5-6,8-9,13H,3-4,7,10H2,(H,21,22)/t13-/m1/s1. The van der Waals surface area contributed by atoms with Gasteiger partial charge in [-0.3, -0.25) is 4.79 Å². The molecular weight excluding hydrogens is 318 g/mol. The van der Waals surface area contributed by atoms with E-state index in [2.05, 4.69) is 0 Å². The van der Waals surface area contributed by atoms with Gasteiger partial charge in [-0.2, -0.15) is 0 Å². The van der Waals surface area contributed by atoms with E-state index < -0.39 is 17.9 Å². The van der Waals surface area contributed by atoms with Crippen LogP contribution in [-0.4, -0.2) is 34.5 Å². The van der Waals surface area contributed by atoms with E-state index in [9.17, 15) is 14.7 Å². The van der Waals surface area contributed by atoms with E-state index in [0.29, 0.717) is 29.3 Å². The van der Waals surface area contributed by atoms with Gasteiger partial charge in [0.25, 0.3) is 5.91 Å². The number of aliphatic carboxylic acids is 1. The van der Waals surface area contributed by atoms with Crippen LogP contribution >= 0.6 is 11.6 Å². The third kappa shape index (κ3) is 3.10. The summed E-state index contributed by atoms with van der Waals surface area (Å²) in [6.07, 6.45) is 2.08. The number of nitrogens with zero attached hydrogens (tertiary/aromatic N) is 1. The number of hydrogen-bond acceptors (Lipinski definition) is 3. The molecule has 3 rings (SSSR count). The van der Waals surface area contributed by atoms with Crippen LogP contribution in [-0.2, 0) is 4.79 Å². The molecule has 1 fully saturated rings. The summed E-state index contributed by atoms with van der Waals surface area (Å²) in [4.78, 5) is 25.3. The highest BCUT2D eigenvalue weighted by atomic mass is 35.5. The number of carbonyl (C=O) groups excluding carboxylic acids is 1. The molecule has 1 N–H and O–H groups in total. The molecule has 1 atom stereocenters. The summed E-state index contributed by atoms with van der Waals surface area (Å²) in [6, 6.07) is 9.64. The Kier molecular flexibility index (Phi) is 4.39. The molecule has 0 spiro atoms. The third-order valence-corrected chi connectivity index (χ3v) is 4.33. The zero-order valence-electron chi connectivity index (χ0n) is 12.4. The Morgan fingerprint density at radius 3 is 2.70 bits per heavy atom. The first-order valence-corrected chi connectivity index (χ1v) is 7.84. The monoisotopic (exact) mass is 333 g/mol. The number of piperidine rings is 1. The van der Waals surface area contributed by atoms with Crippen molar-refractivity contribution < 1.29 is 19.1 Å². The highest BCUT2D eigenvalue weighted by molar-refractivity contribution is 6.33. The largest absolute Gasteiger partial charge is 0.480 e. The number of carbonyl (C=O) groups is 2. The molecule has 1 aliphatic rings. The van der Waals surface area contributed by atoms with Crippen molar-refractivity contribution in [2.24, 2.45) is 0 Å². The van der Waals surface area contributed by atoms with E-state index in [-0.39, 0.29) is 5.76 Å². The summed E-state index contributed by atoms with van der Waals surface area (Å²) in [7, 11) is 0. The highest BCUT2D eigenvalue weighted by Gasteiger charge is 2.33. The van der Waals surface area contributed by atoms with Gasteiger partial charge >= 0.3 is 5.97 Å². The van der Waals surface area contributed by atoms with Gasteiger partial charge < -0.3 is 14.4 Å². The summed E-state index contributed by atoms with van der Waals surface area (Å²) >= 11 is 6.13. The van der Waals surface area contributed by atoms with Gasteiger partial charge in [-0.1, -0.05) is 23.7 Å². The smallest absolute Gasteiger partial charge is 0.326 e. The predicted octanol–water partition coefficient (Wildman–Crippen LogP) is 3.68. The first-order chi connectivity index (χ1) is 11.1. The second kappa shape index (κ2) is 6.46. The Bertz CT molecular complexity index is 740. The fourth-order valence-electron chi connectivity index (χ4n) is 2.83. The summed E-state index contributed by atoms with van der Waals surface area (Å²) in [5.74, 6) is -0.748. The van der Waals surface area contributed by atoms with Gasteiger partial charge in [0.1, 0.15) is 11.8 Å². The predicted molar refractivity (Wildman–Crippen MR) is 85.5 cm³/mol. The summed E-state index contributed by atoms with van der Waals surface area (Å²) in [6.45, 7) is 0.428. The van der Waals surface area contributed by atoms with E-state index in [1.54, 1.807) is 24.3 Å². The second-order valence-electron chi connectivity index (χ2n) is 5.49. The van der Waals surface area contributed by atoms with Crippen molar-refractivity contribution in [3.63, 3.8) is 0 Å². The van der Waals surface area contributed by atoms with E-state index >= 15 is 0 Å². The molecule has 0 radical (unpaired) electrons. The van der Waals surface area contributed by atoms with Crippen molar-refractivity contribution in [1.82, 2.24) is 4.90 Å². The number of carboxylic acid groups (broad SMARTS) is 1. The Hall–Kier alpha value is -2.27. The number of halogens is 1. The van der Waals surface area contributed by atoms with Crippen LogP contribution in [0, 0.1) is 0 Å². The first kappa shape index (κ1) is 15.6. The summed E-state index contributed by atoms with van der Waals surface area (Å²) < 4.78 is 5.63. The molecular formula is C17H16ClNO4. The SMILES string of the molecule is O=C(O)[C@H]1CCCCN1C(=O)c1ccc(-c2ccccc2Cl)o1. The molecule has 1 aliphatic heterocycles. The maximum Gasteiger partial charge on any atom is 0.326 e. The molecule has 1 amide bonds. The van der Waals surface area contributed by atoms with Crippen LogP contribution in [0.5, 0.6) is 0 Å². The lowest BCUT2D eigenvalue weighted by Crippen LogP contribution is -2.47. The molecule has 23 heavy (non-hydrogen) atoms. The number of hydrogen-bond donors (Lipinski definition) is 1. The number of benzene rings is 1. The molecule has 0 saturated carbocycles. The van der Waals surface area contributed by atoms with Crippen LogP contribution in [0.1, 0.15) is 29.8 Å². The van der Waals surface area contributed by atoms with Crippen LogP contribution in [0.3, 0.4) is 0 Å². The van der Waals surface area contributed by atoms with E-state index in [1.807, 2.05) is 12.1 Å². The molecule has 0 bridgehead atoms. The fraction of sp³-hybridized carbons (Fsp3) is 0.294. The number of rotatable bonds is 3. The molecule has 0 unspecified atom stereocenters. The van der Waals surface area contributed by atoms with E-state index in [4.69, 9.17) is 16.0 Å². The van der Waals surface area contributed by atoms with Crippen molar-refractivity contribution in [2.75, 3.05) is 6.54 Å². The maximum atomic E-state index is 12.6. The molecule has 5 nitrogen and oxygen atoms in total. The second-order valence-corrected chi connectivity index (χ2v) is 5.90. The van der Waals surface area contributed by atoms with Crippen LogP contribution in [0.2, 0.25) is 5.02 Å². The van der Waals surface area contributed by atoms with Crippen LogP contribution in [0.15, 0.2) is 40.8 Å². The van der Waals surface area contributed by atoms with Crippen molar-refractivity contribution in [1.29, 1.82) is 0 Å². The Labute approximate surface area is 138 Å². The Morgan fingerprint density at radius 2 is 1.96 bits per heavy atom. The summed E-state index contributed by atoms with van der Waals surface area (Å²) in [5.41, 5.74) is 0.696. The van der Waals surface area contributed by atoms with Gasteiger partial charge in [0.15, 0.2) is 5.76 Å². The van der Waals surface area contributed by atoms with Crippen molar-refractivity contribution >= 4 is 23.5 Å². The fourth-order valence-corrected chi connectivity index (χ4v) is 3.06. The van der Waals surface area contributed by atoms with Crippen molar-refractivity contribution in [3.8, 4) is 11.3 Å². The van der Waals surface area contributed by atoms with Gasteiger partial charge in [-0.15, -0.1) is 0 Å². The van der Waals surface area contributed by atoms with E-state index in [0.717, 1.165) is 12.8 Å². The van der Waals surface area contributed by atoms with Crippen LogP contribution < -0.4 is 0 Å². The van der Waals surface area contributed by atoms with Gasteiger partial charge in [0.2, 0.25) is 0 Å². The Balaban J connectivity index is 1.86. The van der Waals surface area contributed by atoms with Crippen LogP contribution in [0.25, 0.3) is 11.3 Å².